The number of hydrogen-bond donors (Lipinski definition) is 2. The van der Waals surface area contributed by atoms with Crippen molar-refractivity contribution >= 4 is 27.5 Å². The highest BCUT2D eigenvalue weighted by Crippen LogP contribution is 2.26. The average Bonchev–Trinajstić information content (AvgIpc) is 3.23. The van der Waals surface area contributed by atoms with E-state index in [1.165, 1.54) is 0 Å². The minimum Gasteiger partial charge on any atom is -0.497 e. The van der Waals surface area contributed by atoms with Gasteiger partial charge in [-0.2, -0.15) is 0 Å². The van der Waals surface area contributed by atoms with E-state index in [1.807, 2.05) is 24.3 Å². The van der Waals surface area contributed by atoms with Crippen LogP contribution in [0.3, 0.4) is 0 Å². The molecule has 0 aromatic heterocycles. The van der Waals surface area contributed by atoms with Gasteiger partial charge in [0, 0.05) is 6.54 Å². The maximum atomic E-state index is 12.3. The minimum absolute atomic E-state index is 0.0586. The van der Waals surface area contributed by atoms with Crippen molar-refractivity contribution in [2.75, 3.05) is 38.2 Å². The zero-order chi connectivity index (χ0) is 19.4. The van der Waals surface area contributed by atoms with Gasteiger partial charge in [0.25, 0.3) is 0 Å². The van der Waals surface area contributed by atoms with Gasteiger partial charge in [0.05, 0.1) is 36.1 Å². The quantitative estimate of drug-likeness (QED) is 0.688. The van der Waals surface area contributed by atoms with Crippen LogP contribution in [0.15, 0.2) is 24.3 Å². The van der Waals surface area contributed by atoms with Gasteiger partial charge in [-0.15, -0.1) is 11.6 Å². The molecule has 7 nitrogen and oxygen atoms in total. The van der Waals surface area contributed by atoms with E-state index in [2.05, 4.69) is 15.5 Å². The summed E-state index contributed by atoms with van der Waals surface area (Å²) in [6, 6.07) is 6.98. The molecule has 2 aliphatic heterocycles. The largest absolute Gasteiger partial charge is 0.497 e. The van der Waals surface area contributed by atoms with Gasteiger partial charge in [0.2, 0.25) is 0 Å². The Morgan fingerprint density at radius 3 is 2.48 bits per heavy atom. The molecule has 2 fully saturated rings. The molecule has 9 heteroatoms. The Morgan fingerprint density at radius 1 is 1.26 bits per heavy atom. The first-order chi connectivity index (χ1) is 12.9. The van der Waals surface area contributed by atoms with E-state index in [0.29, 0.717) is 6.54 Å². The lowest BCUT2D eigenvalue weighted by molar-refractivity contribution is 0.219. The minimum atomic E-state index is -3.18. The summed E-state index contributed by atoms with van der Waals surface area (Å²) < 4.78 is 28.5. The van der Waals surface area contributed by atoms with E-state index >= 15 is 0 Å². The molecule has 2 saturated heterocycles. The fraction of sp³-hybridized carbons (Fsp3) is 0.611. The third-order valence-electron chi connectivity index (χ3n) is 5.14. The number of sulfone groups is 1. The molecule has 0 unspecified atom stereocenters. The number of rotatable bonds is 6. The molecule has 2 amide bonds. The molecule has 2 heterocycles. The van der Waals surface area contributed by atoms with Crippen LogP contribution in [0.2, 0.25) is 0 Å². The summed E-state index contributed by atoms with van der Waals surface area (Å²) >= 11 is 6.06. The predicted molar refractivity (Wildman–Crippen MR) is 105 cm³/mol. The van der Waals surface area contributed by atoms with Crippen molar-refractivity contribution in [2.45, 2.75) is 30.3 Å². The second-order valence-electron chi connectivity index (χ2n) is 7.09. The Kier molecular flexibility index (Phi) is 6.49. The lowest BCUT2D eigenvalue weighted by atomic mass is 10.1. The number of alkyl halides is 1. The number of carbonyl (C=O) groups is 1. The topological polar surface area (TPSA) is 87.7 Å². The summed E-state index contributed by atoms with van der Waals surface area (Å²) in [6.07, 6.45) is 2.29. The molecule has 3 rings (SSSR count). The molecule has 0 bridgehead atoms. The number of likely N-dealkylation sites (tertiary alicyclic amines) is 1. The number of halogens is 1. The number of ether oxygens (including phenoxy) is 1. The first kappa shape index (κ1) is 20.2. The van der Waals surface area contributed by atoms with Gasteiger partial charge in [-0.25, -0.2) is 13.2 Å². The van der Waals surface area contributed by atoms with Crippen LogP contribution in [0.5, 0.6) is 5.75 Å². The SMILES string of the molecule is COc1ccc([C@H](CNC(=O)N[C@@H]2CS(=O)(=O)C[C@@H]2Cl)N2CCCC2)cc1. The van der Waals surface area contributed by atoms with Crippen LogP contribution in [0, 0.1) is 0 Å². The van der Waals surface area contributed by atoms with Crippen molar-refractivity contribution in [1.82, 2.24) is 15.5 Å². The third kappa shape index (κ3) is 5.27. The number of nitrogens with zero attached hydrogens (tertiary/aromatic N) is 1. The van der Waals surface area contributed by atoms with Gasteiger partial charge >= 0.3 is 6.03 Å². The van der Waals surface area contributed by atoms with E-state index in [4.69, 9.17) is 16.3 Å². The maximum absolute atomic E-state index is 12.3. The molecule has 0 saturated carbocycles. The molecule has 1 aromatic rings. The van der Waals surface area contributed by atoms with Crippen LogP contribution < -0.4 is 15.4 Å². The first-order valence-electron chi connectivity index (χ1n) is 9.15. The third-order valence-corrected chi connectivity index (χ3v) is 7.51. The van der Waals surface area contributed by atoms with E-state index in [-0.39, 0.29) is 23.6 Å². The zero-order valence-electron chi connectivity index (χ0n) is 15.4. The molecule has 0 aliphatic carbocycles. The maximum Gasteiger partial charge on any atom is 0.315 e. The van der Waals surface area contributed by atoms with Gasteiger partial charge < -0.3 is 15.4 Å². The second kappa shape index (κ2) is 8.67. The number of methoxy groups -OCH3 is 1. The summed E-state index contributed by atoms with van der Waals surface area (Å²) in [5.74, 6) is 0.588. The fourth-order valence-electron chi connectivity index (χ4n) is 3.68. The summed E-state index contributed by atoms with van der Waals surface area (Å²) in [5.41, 5.74) is 1.11. The number of benzene rings is 1. The number of amides is 2. The van der Waals surface area contributed by atoms with Gasteiger partial charge in [-0.3, -0.25) is 4.90 Å². The summed E-state index contributed by atoms with van der Waals surface area (Å²) in [4.78, 5) is 14.6. The van der Waals surface area contributed by atoms with Gasteiger partial charge in [0.15, 0.2) is 9.84 Å². The Hall–Kier alpha value is -1.51. The van der Waals surface area contributed by atoms with Gasteiger partial charge in [-0.05, 0) is 43.6 Å². The number of nitrogens with one attached hydrogen (secondary N) is 2. The molecule has 2 aliphatic rings. The number of hydrogen-bond acceptors (Lipinski definition) is 5. The molecule has 1 aromatic carbocycles. The Balaban J connectivity index is 1.61. The van der Waals surface area contributed by atoms with E-state index in [1.54, 1.807) is 7.11 Å². The summed E-state index contributed by atoms with van der Waals surface area (Å²) in [5, 5.41) is 5.00. The predicted octanol–water partition coefficient (Wildman–Crippen LogP) is 1.54. The molecular formula is C18H26ClN3O4S. The molecular weight excluding hydrogens is 390 g/mol. The standard InChI is InChI=1S/C18H26ClN3O4S/c1-26-14-6-4-13(5-7-14)17(22-8-2-3-9-22)10-20-18(23)21-16-12-27(24,25)11-15(16)19/h4-7,15-17H,2-3,8-12H2,1H3,(H2,20,21,23)/t15-,16+,17-/m0/s1. The molecule has 27 heavy (non-hydrogen) atoms. The van der Waals surface area contributed by atoms with Crippen molar-refractivity contribution < 1.29 is 17.9 Å². The van der Waals surface area contributed by atoms with Crippen molar-refractivity contribution in [3.8, 4) is 5.75 Å². The Bertz CT molecular complexity index is 750. The van der Waals surface area contributed by atoms with Gasteiger partial charge in [-0.1, -0.05) is 12.1 Å². The monoisotopic (exact) mass is 415 g/mol. The fourth-order valence-corrected chi connectivity index (χ4v) is 6.23. The summed E-state index contributed by atoms with van der Waals surface area (Å²) in [7, 11) is -1.55. The summed E-state index contributed by atoms with van der Waals surface area (Å²) in [6.45, 7) is 2.42. The molecule has 0 radical (unpaired) electrons. The Labute approximate surface area is 165 Å². The molecule has 3 atom stereocenters. The first-order valence-corrected chi connectivity index (χ1v) is 11.4. The van der Waals surface area contributed by atoms with Crippen LogP contribution >= 0.6 is 11.6 Å². The van der Waals surface area contributed by atoms with Crippen molar-refractivity contribution in [1.29, 1.82) is 0 Å². The van der Waals surface area contributed by atoms with Crippen LogP contribution in [0.1, 0.15) is 24.4 Å². The normalized spacial score (nSPS) is 25.9. The lowest BCUT2D eigenvalue weighted by Gasteiger charge is -2.28. The van der Waals surface area contributed by atoms with Gasteiger partial charge in [0.1, 0.15) is 5.75 Å². The van der Waals surface area contributed by atoms with Crippen LogP contribution in [0.25, 0.3) is 0 Å². The average molecular weight is 416 g/mol. The molecule has 0 spiro atoms. The van der Waals surface area contributed by atoms with Crippen molar-refractivity contribution in [3.05, 3.63) is 29.8 Å². The smallest absolute Gasteiger partial charge is 0.315 e. The highest BCUT2D eigenvalue weighted by molar-refractivity contribution is 7.91. The van der Waals surface area contributed by atoms with E-state index in [0.717, 1.165) is 37.2 Å². The lowest BCUT2D eigenvalue weighted by Crippen LogP contribution is -2.48. The van der Waals surface area contributed by atoms with Crippen LogP contribution in [0.4, 0.5) is 4.79 Å². The Morgan fingerprint density at radius 2 is 1.93 bits per heavy atom. The second-order valence-corrected chi connectivity index (χ2v) is 9.80. The number of urea groups is 1. The molecule has 150 valence electrons. The van der Waals surface area contributed by atoms with Crippen molar-refractivity contribution in [2.24, 2.45) is 0 Å². The van der Waals surface area contributed by atoms with Crippen LogP contribution in [-0.2, 0) is 9.84 Å². The zero-order valence-corrected chi connectivity index (χ0v) is 16.9. The van der Waals surface area contributed by atoms with Crippen LogP contribution in [-0.4, -0.2) is 69.0 Å². The highest BCUT2D eigenvalue weighted by atomic mass is 35.5. The van der Waals surface area contributed by atoms with Crippen molar-refractivity contribution in [3.63, 3.8) is 0 Å². The van der Waals surface area contributed by atoms with E-state index < -0.39 is 21.3 Å². The number of carbonyl (C=O) groups excluding carboxylic acids is 1. The highest BCUT2D eigenvalue weighted by Gasteiger charge is 2.37. The van der Waals surface area contributed by atoms with E-state index in [9.17, 15) is 13.2 Å². The molecule has 2 N–H and O–H groups in total.